The molecular formula is C23H27IN4O5. The highest BCUT2D eigenvalue weighted by Crippen LogP contribution is 2.28. The molecule has 1 saturated heterocycles. The Hall–Kier alpha value is -2.86. The summed E-state index contributed by atoms with van der Waals surface area (Å²) in [6.07, 6.45) is 0. The smallest absolute Gasteiger partial charge is 0.313 e. The molecule has 0 atom stereocenters. The Kier molecular flexibility index (Phi) is 8.89. The Morgan fingerprint density at radius 3 is 2.21 bits per heavy atom. The third-order valence-corrected chi connectivity index (χ3v) is 6.03. The molecule has 0 radical (unpaired) electrons. The van der Waals surface area contributed by atoms with Crippen LogP contribution in [0.3, 0.4) is 0 Å². The SMILES string of the molecule is COc1ccc(C(=O)N2CCN(CCNC(=O)C(=O)Nc3ccc(I)cc3)CC2)cc1OC. The van der Waals surface area contributed by atoms with Crippen LogP contribution in [0.15, 0.2) is 42.5 Å². The molecule has 3 amide bonds. The van der Waals surface area contributed by atoms with Crippen LogP contribution in [0.5, 0.6) is 11.5 Å². The molecule has 3 rings (SSSR count). The number of ether oxygens (including phenoxy) is 2. The zero-order valence-electron chi connectivity index (χ0n) is 18.6. The van der Waals surface area contributed by atoms with Crippen molar-refractivity contribution in [2.75, 3.05) is 58.8 Å². The van der Waals surface area contributed by atoms with Gasteiger partial charge in [0.15, 0.2) is 11.5 Å². The van der Waals surface area contributed by atoms with Crippen molar-refractivity contribution in [1.29, 1.82) is 0 Å². The van der Waals surface area contributed by atoms with Gasteiger partial charge in [-0.2, -0.15) is 0 Å². The van der Waals surface area contributed by atoms with E-state index in [0.29, 0.717) is 62.0 Å². The van der Waals surface area contributed by atoms with E-state index in [9.17, 15) is 14.4 Å². The van der Waals surface area contributed by atoms with E-state index in [2.05, 4.69) is 38.1 Å². The van der Waals surface area contributed by atoms with Gasteiger partial charge in [-0.25, -0.2) is 0 Å². The van der Waals surface area contributed by atoms with E-state index >= 15 is 0 Å². The van der Waals surface area contributed by atoms with Crippen molar-refractivity contribution >= 4 is 46.0 Å². The van der Waals surface area contributed by atoms with E-state index in [1.165, 1.54) is 7.11 Å². The lowest BCUT2D eigenvalue weighted by Crippen LogP contribution is -2.50. The Morgan fingerprint density at radius 2 is 1.58 bits per heavy atom. The van der Waals surface area contributed by atoms with E-state index in [4.69, 9.17) is 9.47 Å². The molecule has 0 aliphatic carbocycles. The highest BCUT2D eigenvalue weighted by atomic mass is 127. The van der Waals surface area contributed by atoms with Crippen LogP contribution in [-0.2, 0) is 9.59 Å². The first-order valence-corrected chi connectivity index (χ1v) is 11.6. The Labute approximate surface area is 206 Å². The minimum absolute atomic E-state index is 0.0591. The second kappa shape index (κ2) is 11.8. The fourth-order valence-corrected chi connectivity index (χ4v) is 3.81. The Morgan fingerprint density at radius 1 is 0.909 bits per heavy atom. The summed E-state index contributed by atoms with van der Waals surface area (Å²) >= 11 is 2.17. The number of rotatable bonds is 7. The summed E-state index contributed by atoms with van der Waals surface area (Å²) in [4.78, 5) is 40.8. The fourth-order valence-electron chi connectivity index (χ4n) is 3.46. The number of methoxy groups -OCH3 is 2. The number of hydrogen-bond acceptors (Lipinski definition) is 6. The number of halogens is 1. The van der Waals surface area contributed by atoms with Gasteiger partial charge in [-0.1, -0.05) is 0 Å². The molecule has 2 aromatic carbocycles. The number of carbonyl (C=O) groups excluding carboxylic acids is 3. The number of hydrogen-bond donors (Lipinski definition) is 2. The number of piperazine rings is 1. The van der Waals surface area contributed by atoms with Crippen LogP contribution in [0.2, 0.25) is 0 Å². The van der Waals surface area contributed by atoms with E-state index in [1.807, 2.05) is 12.1 Å². The lowest BCUT2D eigenvalue weighted by atomic mass is 10.1. The maximum atomic E-state index is 12.8. The molecule has 1 aliphatic rings. The van der Waals surface area contributed by atoms with Crippen LogP contribution in [0, 0.1) is 3.57 Å². The molecule has 0 unspecified atom stereocenters. The predicted molar refractivity (Wildman–Crippen MR) is 133 cm³/mol. The summed E-state index contributed by atoms with van der Waals surface area (Å²) < 4.78 is 11.5. The van der Waals surface area contributed by atoms with Crippen LogP contribution in [0.1, 0.15) is 10.4 Å². The van der Waals surface area contributed by atoms with Crippen LogP contribution < -0.4 is 20.1 Å². The number of nitrogens with one attached hydrogen (secondary N) is 2. The molecule has 2 aromatic rings. The van der Waals surface area contributed by atoms with Gasteiger partial charge in [0, 0.05) is 54.1 Å². The van der Waals surface area contributed by atoms with Crippen molar-refractivity contribution in [3.63, 3.8) is 0 Å². The summed E-state index contributed by atoms with van der Waals surface area (Å²) in [6, 6.07) is 12.3. The molecule has 176 valence electrons. The fraction of sp³-hybridized carbons (Fsp3) is 0.348. The van der Waals surface area contributed by atoms with Gasteiger partial charge < -0.3 is 25.0 Å². The molecular weight excluding hydrogens is 539 g/mol. The molecule has 0 spiro atoms. The molecule has 1 heterocycles. The summed E-state index contributed by atoms with van der Waals surface area (Å²) in [6.45, 7) is 3.47. The maximum Gasteiger partial charge on any atom is 0.313 e. The van der Waals surface area contributed by atoms with Gasteiger partial charge in [-0.15, -0.1) is 0 Å². The molecule has 10 heteroatoms. The van der Waals surface area contributed by atoms with Gasteiger partial charge in [0.2, 0.25) is 0 Å². The van der Waals surface area contributed by atoms with Gasteiger partial charge in [-0.05, 0) is 65.1 Å². The van der Waals surface area contributed by atoms with Gasteiger partial charge in [0.1, 0.15) is 0 Å². The van der Waals surface area contributed by atoms with Gasteiger partial charge >= 0.3 is 11.8 Å². The lowest BCUT2D eigenvalue weighted by molar-refractivity contribution is -0.136. The third kappa shape index (κ3) is 6.81. The first-order valence-electron chi connectivity index (χ1n) is 10.5. The van der Waals surface area contributed by atoms with Crippen molar-refractivity contribution in [2.24, 2.45) is 0 Å². The number of nitrogens with zero attached hydrogens (tertiary/aromatic N) is 2. The third-order valence-electron chi connectivity index (χ3n) is 5.31. The minimum atomic E-state index is -0.693. The second-order valence-corrected chi connectivity index (χ2v) is 8.67. The topological polar surface area (TPSA) is 100 Å². The van der Waals surface area contributed by atoms with Crippen molar-refractivity contribution in [2.45, 2.75) is 0 Å². The second-order valence-electron chi connectivity index (χ2n) is 7.42. The molecule has 0 aromatic heterocycles. The molecule has 0 saturated carbocycles. The summed E-state index contributed by atoms with van der Waals surface area (Å²) in [5.41, 5.74) is 1.12. The van der Waals surface area contributed by atoms with Crippen molar-refractivity contribution in [1.82, 2.24) is 15.1 Å². The molecule has 33 heavy (non-hydrogen) atoms. The van der Waals surface area contributed by atoms with Crippen molar-refractivity contribution < 1.29 is 23.9 Å². The van der Waals surface area contributed by atoms with E-state index in [1.54, 1.807) is 42.3 Å². The normalized spacial score (nSPS) is 13.8. The maximum absolute atomic E-state index is 12.8. The molecule has 0 bridgehead atoms. The average Bonchev–Trinajstić information content (AvgIpc) is 2.84. The standard InChI is InChI=1S/C23H27IN4O5/c1-32-19-8-3-16(15-20(19)33-2)23(31)28-13-11-27(12-14-28)10-9-25-21(29)22(30)26-18-6-4-17(24)5-7-18/h3-8,15H,9-14H2,1-2H3,(H,25,29)(H,26,30). The Bertz CT molecular complexity index is 991. The van der Waals surface area contributed by atoms with E-state index < -0.39 is 11.8 Å². The number of carbonyl (C=O) groups is 3. The van der Waals surface area contributed by atoms with Crippen LogP contribution in [-0.4, -0.2) is 81.0 Å². The first kappa shape index (κ1) is 24.8. The zero-order valence-corrected chi connectivity index (χ0v) is 20.8. The molecule has 1 fully saturated rings. The Balaban J connectivity index is 1.40. The summed E-state index contributed by atoms with van der Waals surface area (Å²) in [5, 5.41) is 5.22. The van der Waals surface area contributed by atoms with E-state index in [0.717, 1.165) is 3.57 Å². The van der Waals surface area contributed by atoms with Gasteiger partial charge in [0.05, 0.1) is 14.2 Å². The number of anilines is 1. The van der Waals surface area contributed by atoms with E-state index in [-0.39, 0.29) is 5.91 Å². The van der Waals surface area contributed by atoms with Crippen molar-refractivity contribution in [3.05, 3.63) is 51.6 Å². The minimum Gasteiger partial charge on any atom is -0.493 e. The number of amides is 3. The highest BCUT2D eigenvalue weighted by molar-refractivity contribution is 14.1. The monoisotopic (exact) mass is 566 g/mol. The summed E-state index contributed by atoms with van der Waals surface area (Å²) in [5.74, 6) is -0.328. The van der Waals surface area contributed by atoms with Crippen LogP contribution in [0.4, 0.5) is 5.69 Å². The van der Waals surface area contributed by atoms with Crippen LogP contribution in [0.25, 0.3) is 0 Å². The van der Waals surface area contributed by atoms with Gasteiger partial charge in [-0.3, -0.25) is 19.3 Å². The zero-order chi connectivity index (χ0) is 23.8. The predicted octanol–water partition coefficient (Wildman–Crippen LogP) is 1.82. The lowest BCUT2D eigenvalue weighted by Gasteiger charge is -2.34. The first-order chi connectivity index (χ1) is 15.9. The molecule has 1 aliphatic heterocycles. The van der Waals surface area contributed by atoms with Crippen molar-refractivity contribution in [3.8, 4) is 11.5 Å². The number of benzene rings is 2. The summed E-state index contributed by atoms with van der Waals surface area (Å²) in [7, 11) is 3.09. The molecule has 9 nitrogen and oxygen atoms in total. The highest BCUT2D eigenvalue weighted by Gasteiger charge is 2.23. The quantitative estimate of drug-likeness (QED) is 0.392. The largest absolute Gasteiger partial charge is 0.493 e. The molecule has 2 N–H and O–H groups in total. The van der Waals surface area contributed by atoms with Crippen LogP contribution >= 0.6 is 22.6 Å². The average molecular weight is 566 g/mol. The van der Waals surface area contributed by atoms with Gasteiger partial charge in [0.25, 0.3) is 5.91 Å².